The Morgan fingerprint density at radius 1 is 1.20 bits per heavy atom. The Bertz CT molecular complexity index is 254. The third-order valence-corrected chi connectivity index (χ3v) is 1.95. The number of benzene rings is 1. The van der Waals surface area contributed by atoms with Gasteiger partial charge in [0.25, 0.3) is 0 Å². The highest BCUT2D eigenvalue weighted by Gasteiger charge is 1.97. The van der Waals surface area contributed by atoms with Crippen LogP contribution in [0.1, 0.15) is 39.2 Å². The van der Waals surface area contributed by atoms with Crippen LogP contribution in [-0.4, -0.2) is 18.3 Å². The van der Waals surface area contributed by atoms with Gasteiger partial charge in [0.2, 0.25) is 0 Å². The SMILES string of the molecule is CC(C)c1cccc(O)c1.CCOCC. The van der Waals surface area contributed by atoms with Crippen LogP contribution in [0.25, 0.3) is 0 Å². The van der Waals surface area contributed by atoms with Crippen molar-refractivity contribution in [3.8, 4) is 5.75 Å². The minimum absolute atomic E-state index is 0.353. The zero-order chi connectivity index (χ0) is 11.7. The molecule has 0 heterocycles. The van der Waals surface area contributed by atoms with Gasteiger partial charge in [0, 0.05) is 13.2 Å². The van der Waals surface area contributed by atoms with E-state index in [2.05, 4.69) is 13.8 Å². The summed E-state index contributed by atoms with van der Waals surface area (Å²) < 4.78 is 4.83. The molecule has 1 rings (SSSR count). The van der Waals surface area contributed by atoms with E-state index in [1.165, 1.54) is 5.56 Å². The molecule has 0 saturated heterocycles. The third kappa shape index (κ3) is 6.97. The fraction of sp³-hybridized carbons (Fsp3) is 0.538. The monoisotopic (exact) mass is 210 g/mol. The van der Waals surface area contributed by atoms with Crippen LogP contribution in [0.5, 0.6) is 5.75 Å². The van der Waals surface area contributed by atoms with Gasteiger partial charge in [0.05, 0.1) is 0 Å². The molecule has 0 aliphatic heterocycles. The first-order valence-electron chi connectivity index (χ1n) is 5.48. The van der Waals surface area contributed by atoms with Crippen molar-refractivity contribution in [1.82, 2.24) is 0 Å². The molecule has 0 radical (unpaired) electrons. The van der Waals surface area contributed by atoms with Gasteiger partial charge in [-0.25, -0.2) is 0 Å². The first kappa shape index (κ1) is 14.0. The molecule has 0 atom stereocenters. The molecule has 15 heavy (non-hydrogen) atoms. The summed E-state index contributed by atoms with van der Waals surface area (Å²) in [6.07, 6.45) is 0. The minimum Gasteiger partial charge on any atom is -0.508 e. The van der Waals surface area contributed by atoms with E-state index in [9.17, 15) is 0 Å². The van der Waals surface area contributed by atoms with E-state index in [4.69, 9.17) is 9.84 Å². The molecular weight excluding hydrogens is 188 g/mol. The standard InChI is InChI=1S/C9H12O.C4H10O/c1-7(2)8-4-3-5-9(10)6-8;1-3-5-4-2/h3-7,10H,1-2H3;3-4H2,1-2H3. The second-order valence-corrected chi connectivity index (χ2v) is 3.53. The molecule has 0 spiro atoms. The molecule has 86 valence electrons. The molecule has 0 aromatic heterocycles. The molecule has 1 aromatic rings. The molecule has 0 fully saturated rings. The van der Waals surface area contributed by atoms with Crippen LogP contribution in [0.15, 0.2) is 24.3 Å². The molecule has 0 aliphatic carbocycles. The fourth-order valence-electron chi connectivity index (χ4n) is 1.09. The first-order valence-corrected chi connectivity index (χ1v) is 5.48. The van der Waals surface area contributed by atoms with Gasteiger partial charge < -0.3 is 9.84 Å². The number of rotatable bonds is 3. The average Bonchev–Trinajstić information content (AvgIpc) is 2.20. The van der Waals surface area contributed by atoms with Crippen LogP contribution >= 0.6 is 0 Å². The van der Waals surface area contributed by atoms with Crippen LogP contribution in [0.4, 0.5) is 0 Å². The highest BCUT2D eigenvalue weighted by Crippen LogP contribution is 2.18. The van der Waals surface area contributed by atoms with Gasteiger partial charge in [-0.3, -0.25) is 0 Å². The van der Waals surface area contributed by atoms with Crippen molar-refractivity contribution in [2.75, 3.05) is 13.2 Å². The summed E-state index contributed by atoms with van der Waals surface area (Å²) in [6.45, 7) is 9.88. The molecule has 1 N–H and O–H groups in total. The predicted molar refractivity (Wildman–Crippen MR) is 64.4 cm³/mol. The third-order valence-electron chi connectivity index (χ3n) is 1.95. The summed E-state index contributed by atoms with van der Waals surface area (Å²) in [7, 11) is 0. The van der Waals surface area contributed by atoms with Gasteiger partial charge in [-0.05, 0) is 37.5 Å². The number of phenols is 1. The van der Waals surface area contributed by atoms with Crippen molar-refractivity contribution in [1.29, 1.82) is 0 Å². The number of aromatic hydroxyl groups is 1. The van der Waals surface area contributed by atoms with Gasteiger partial charge >= 0.3 is 0 Å². The minimum atomic E-state index is 0.353. The van der Waals surface area contributed by atoms with Crippen molar-refractivity contribution in [2.24, 2.45) is 0 Å². The molecular formula is C13H22O2. The molecule has 0 amide bonds. The number of ether oxygens (including phenoxy) is 1. The largest absolute Gasteiger partial charge is 0.508 e. The highest BCUT2D eigenvalue weighted by atomic mass is 16.5. The normalized spacial score (nSPS) is 9.67. The van der Waals surface area contributed by atoms with Crippen molar-refractivity contribution < 1.29 is 9.84 Å². The zero-order valence-corrected chi connectivity index (χ0v) is 10.2. The first-order chi connectivity index (χ1) is 7.11. The van der Waals surface area contributed by atoms with E-state index in [-0.39, 0.29) is 0 Å². The van der Waals surface area contributed by atoms with E-state index in [1.54, 1.807) is 12.1 Å². The predicted octanol–water partition coefficient (Wildman–Crippen LogP) is 3.56. The topological polar surface area (TPSA) is 29.5 Å². The molecule has 0 bridgehead atoms. The molecule has 1 aromatic carbocycles. The lowest BCUT2D eigenvalue weighted by Crippen LogP contribution is -1.84. The Hall–Kier alpha value is -1.02. The van der Waals surface area contributed by atoms with Crippen LogP contribution in [0.2, 0.25) is 0 Å². The Balaban J connectivity index is 0.000000336. The lowest BCUT2D eigenvalue weighted by molar-refractivity contribution is 0.162. The Kier molecular flexibility index (Phi) is 7.74. The second kappa shape index (κ2) is 8.30. The maximum Gasteiger partial charge on any atom is 0.115 e. The van der Waals surface area contributed by atoms with E-state index >= 15 is 0 Å². The summed E-state index contributed by atoms with van der Waals surface area (Å²) in [5.41, 5.74) is 1.18. The number of hydrogen-bond donors (Lipinski definition) is 1. The van der Waals surface area contributed by atoms with Crippen molar-refractivity contribution in [3.05, 3.63) is 29.8 Å². The molecule has 0 saturated carbocycles. The van der Waals surface area contributed by atoms with Crippen molar-refractivity contribution in [3.63, 3.8) is 0 Å². The van der Waals surface area contributed by atoms with E-state index in [0.717, 1.165) is 13.2 Å². The van der Waals surface area contributed by atoms with E-state index in [0.29, 0.717) is 11.7 Å². The quantitative estimate of drug-likeness (QED) is 0.826. The van der Waals surface area contributed by atoms with Crippen LogP contribution < -0.4 is 0 Å². The fourth-order valence-corrected chi connectivity index (χ4v) is 1.09. The van der Waals surface area contributed by atoms with Crippen molar-refractivity contribution >= 4 is 0 Å². The van der Waals surface area contributed by atoms with Gasteiger partial charge in [-0.1, -0.05) is 26.0 Å². The zero-order valence-electron chi connectivity index (χ0n) is 10.2. The smallest absolute Gasteiger partial charge is 0.115 e. The summed E-state index contributed by atoms with van der Waals surface area (Å²) in [5.74, 6) is 0.846. The number of phenolic OH excluding ortho intramolecular Hbond substituents is 1. The van der Waals surface area contributed by atoms with Crippen LogP contribution in [0.3, 0.4) is 0 Å². The maximum atomic E-state index is 9.06. The maximum absolute atomic E-state index is 9.06. The highest BCUT2D eigenvalue weighted by molar-refractivity contribution is 5.28. The Labute approximate surface area is 92.9 Å². The lowest BCUT2D eigenvalue weighted by Gasteiger charge is -2.03. The van der Waals surface area contributed by atoms with E-state index in [1.807, 2.05) is 26.0 Å². The Morgan fingerprint density at radius 3 is 2.07 bits per heavy atom. The second-order valence-electron chi connectivity index (χ2n) is 3.53. The van der Waals surface area contributed by atoms with Crippen LogP contribution in [0, 0.1) is 0 Å². The molecule has 0 aliphatic rings. The average molecular weight is 210 g/mol. The molecule has 2 heteroatoms. The van der Waals surface area contributed by atoms with E-state index < -0.39 is 0 Å². The van der Waals surface area contributed by atoms with Crippen molar-refractivity contribution in [2.45, 2.75) is 33.6 Å². The summed E-state index contributed by atoms with van der Waals surface area (Å²) in [6, 6.07) is 7.37. The summed E-state index contributed by atoms with van der Waals surface area (Å²) >= 11 is 0. The van der Waals surface area contributed by atoms with Gasteiger partial charge in [0.15, 0.2) is 0 Å². The summed E-state index contributed by atoms with van der Waals surface area (Å²) in [5, 5.41) is 9.06. The van der Waals surface area contributed by atoms with Crippen LogP contribution in [-0.2, 0) is 4.74 Å². The molecule has 0 unspecified atom stereocenters. The van der Waals surface area contributed by atoms with Gasteiger partial charge in [0.1, 0.15) is 5.75 Å². The lowest BCUT2D eigenvalue weighted by atomic mass is 10.0. The summed E-state index contributed by atoms with van der Waals surface area (Å²) in [4.78, 5) is 0. The van der Waals surface area contributed by atoms with Gasteiger partial charge in [-0.2, -0.15) is 0 Å². The Morgan fingerprint density at radius 2 is 1.80 bits per heavy atom. The van der Waals surface area contributed by atoms with Gasteiger partial charge in [-0.15, -0.1) is 0 Å². The number of hydrogen-bond acceptors (Lipinski definition) is 2. The molecule has 2 nitrogen and oxygen atoms in total.